The van der Waals surface area contributed by atoms with Gasteiger partial charge in [-0.25, -0.2) is 0 Å². The Morgan fingerprint density at radius 1 is 1.30 bits per heavy atom. The number of carbonyl (C=O) groups excluding carboxylic acids is 1. The monoisotopic (exact) mass is 272 g/mol. The van der Waals surface area contributed by atoms with Crippen LogP contribution in [0.1, 0.15) is 43.5 Å². The minimum absolute atomic E-state index is 0.0169. The van der Waals surface area contributed by atoms with Crippen molar-refractivity contribution < 1.29 is 4.79 Å². The number of amides is 1. The highest BCUT2D eigenvalue weighted by atomic mass is 16.1. The highest BCUT2D eigenvalue weighted by Gasteiger charge is 2.14. The van der Waals surface area contributed by atoms with Crippen LogP contribution in [0.4, 0.5) is 5.69 Å². The molecule has 3 nitrogen and oxygen atoms in total. The molecule has 108 valence electrons. The molecule has 0 bridgehead atoms. The second-order valence-electron chi connectivity index (χ2n) is 5.71. The van der Waals surface area contributed by atoms with Crippen LogP contribution in [-0.4, -0.2) is 18.5 Å². The van der Waals surface area contributed by atoms with Crippen LogP contribution < -0.4 is 10.6 Å². The summed E-state index contributed by atoms with van der Waals surface area (Å²) >= 11 is 0. The summed E-state index contributed by atoms with van der Waals surface area (Å²) < 4.78 is 0. The SMILES string of the molecule is CC(C)Nc1ccccc1C(=O)NCC1CC=CCC1. The smallest absolute Gasteiger partial charge is 0.253 e. The molecule has 0 fully saturated rings. The van der Waals surface area contributed by atoms with Crippen molar-refractivity contribution in [2.24, 2.45) is 5.92 Å². The summed E-state index contributed by atoms with van der Waals surface area (Å²) in [6, 6.07) is 8.00. The van der Waals surface area contributed by atoms with Crippen LogP contribution in [-0.2, 0) is 0 Å². The molecule has 1 amide bonds. The molecule has 0 radical (unpaired) electrons. The first-order chi connectivity index (χ1) is 9.66. The summed E-state index contributed by atoms with van der Waals surface area (Å²) in [7, 11) is 0. The average Bonchev–Trinajstić information content (AvgIpc) is 2.46. The molecule has 1 aromatic carbocycles. The Labute approximate surface area is 121 Å². The highest BCUT2D eigenvalue weighted by Crippen LogP contribution is 2.19. The fourth-order valence-corrected chi connectivity index (χ4v) is 2.49. The lowest BCUT2D eigenvalue weighted by molar-refractivity contribution is 0.0947. The van der Waals surface area contributed by atoms with E-state index in [2.05, 4.69) is 36.6 Å². The third-order valence-corrected chi connectivity index (χ3v) is 3.54. The average molecular weight is 272 g/mol. The number of hydrogen-bond acceptors (Lipinski definition) is 2. The molecule has 1 unspecified atom stereocenters. The summed E-state index contributed by atoms with van der Waals surface area (Å²) in [6.07, 6.45) is 7.82. The van der Waals surface area contributed by atoms with Crippen LogP contribution in [0.15, 0.2) is 36.4 Å². The molecule has 0 saturated carbocycles. The minimum atomic E-state index is 0.0169. The van der Waals surface area contributed by atoms with Gasteiger partial charge in [-0.15, -0.1) is 0 Å². The van der Waals surface area contributed by atoms with Gasteiger partial charge in [0.05, 0.1) is 5.56 Å². The zero-order valence-electron chi connectivity index (χ0n) is 12.4. The van der Waals surface area contributed by atoms with Crippen LogP contribution in [0.5, 0.6) is 0 Å². The molecule has 0 spiro atoms. The van der Waals surface area contributed by atoms with Gasteiger partial charge in [-0.1, -0.05) is 24.3 Å². The molecule has 0 aliphatic heterocycles. The van der Waals surface area contributed by atoms with E-state index in [4.69, 9.17) is 0 Å². The summed E-state index contributed by atoms with van der Waals surface area (Å²) in [4.78, 5) is 12.3. The minimum Gasteiger partial charge on any atom is -0.382 e. The van der Waals surface area contributed by atoms with Gasteiger partial charge in [-0.2, -0.15) is 0 Å². The first kappa shape index (κ1) is 14.6. The fraction of sp³-hybridized carbons (Fsp3) is 0.471. The second-order valence-corrected chi connectivity index (χ2v) is 5.71. The van der Waals surface area contributed by atoms with Crippen LogP contribution in [0.2, 0.25) is 0 Å². The Bertz CT molecular complexity index is 480. The zero-order valence-corrected chi connectivity index (χ0v) is 12.4. The molecule has 0 saturated heterocycles. The predicted octanol–water partition coefficient (Wildman–Crippen LogP) is 3.59. The number of nitrogens with one attached hydrogen (secondary N) is 2. The molecule has 1 atom stereocenters. The van der Waals surface area contributed by atoms with Crippen LogP contribution >= 0.6 is 0 Å². The first-order valence-electron chi connectivity index (χ1n) is 7.45. The summed E-state index contributed by atoms with van der Waals surface area (Å²) in [5.74, 6) is 0.595. The maximum atomic E-state index is 12.3. The summed E-state index contributed by atoms with van der Waals surface area (Å²) in [6.45, 7) is 4.91. The number of carbonyl (C=O) groups is 1. The molecule has 1 aliphatic carbocycles. The lowest BCUT2D eigenvalue weighted by atomic mass is 9.94. The summed E-state index contributed by atoms with van der Waals surface area (Å²) in [5.41, 5.74) is 1.64. The third-order valence-electron chi connectivity index (χ3n) is 3.54. The van der Waals surface area contributed by atoms with E-state index in [0.717, 1.165) is 30.6 Å². The molecule has 0 heterocycles. The van der Waals surface area contributed by atoms with Crippen molar-refractivity contribution in [3.05, 3.63) is 42.0 Å². The number of anilines is 1. The van der Waals surface area contributed by atoms with E-state index in [1.54, 1.807) is 0 Å². The van der Waals surface area contributed by atoms with E-state index in [1.807, 2.05) is 24.3 Å². The lowest BCUT2D eigenvalue weighted by Crippen LogP contribution is -2.30. The Morgan fingerprint density at radius 2 is 2.10 bits per heavy atom. The van der Waals surface area contributed by atoms with Crippen molar-refractivity contribution in [1.82, 2.24) is 5.32 Å². The molecule has 2 N–H and O–H groups in total. The van der Waals surface area contributed by atoms with Gasteiger partial charge in [0.2, 0.25) is 0 Å². The number of rotatable bonds is 5. The molecule has 2 rings (SSSR count). The second kappa shape index (κ2) is 7.13. The standard InChI is InChI=1S/C17H24N2O/c1-13(2)19-16-11-7-6-10-15(16)17(20)18-12-14-8-4-3-5-9-14/h3-4,6-7,10-11,13-14,19H,5,8-9,12H2,1-2H3,(H,18,20). The highest BCUT2D eigenvalue weighted by molar-refractivity contribution is 5.99. The van der Waals surface area contributed by atoms with Gasteiger partial charge in [-0.3, -0.25) is 4.79 Å². The zero-order chi connectivity index (χ0) is 14.4. The molecule has 1 aromatic rings. The van der Waals surface area contributed by atoms with Crippen molar-refractivity contribution >= 4 is 11.6 Å². The van der Waals surface area contributed by atoms with Gasteiger partial charge >= 0.3 is 0 Å². The number of para-hydroxylation sites is 1. The van der Waals surface area contributed by atoms with Gasteiger partial charge in [0.15, 0.2) is 0 Å². The topological polar surface area (TPSA) is 41.1 Å². The van der Waals surface area contributed by atoms with Crippen LogP contribution in [0.25, 0.3) is 0 Å². The molecule has 3 heteroatoms. The van der Waals surface area contributed by atoms with E-state index in [9.17, 15) is 4.79 Å². The van der Waals surface area contributed by atoms with E-state index in [0.29, 0.717) is 12.0 Å². The quantitative estimate of drug-likeness (QED) is 0.804. The number of hydrogen-bond donors (Lipinski definition) is 2. The predicted molar refractivity (Wildman–Crippen MR) is 84.0 cm³/mol. The van der Waals surface area contributed by atoms with E-state index >= 15 is 0 Å². The van der Waals surface area contributed by atoms with Gasteiger partial charge in [0.25, 0.3) is 5.91 Å². The number of benzene rings is 1. The molecular weight excluding hydrogens is 248 g/mol. The Kier molecular flexibility index (Phi) is 5.22. The Hall–Kier alpha value is -1.77. The Balaban J connectivity index is 1.96. The molecular formula is C17H24N2O. The van der Waals surface area contributed by atoms with Crippen molar-refractivity contribution in [1.29, 1.82) is 0 Å². The molecule has 20 heavy (non-hydrogen) atoms. The van der Waals surface area contributed by atoms with Crippen molar-refractivity contribution in [3.63, 3.8) is 0 Å². The van der Waals surface area contributed by atoms with Gasteiger partial charge in [0.1, 0.15) is 0 Å². The van der Waals surface area contributed by atoms with Crippen molar-refractivity contribution in [2.45, 2.75) is 39.2 Å². The lowest BCUT2D eigenvalue weighted by Gasteiger charge is -2.19. The van der Waals surface area contributed by atoms with Crippen molar-refractivity contribution in [2.75, 3.05) is 11.9 Å². The third kappa shape index (κ3) is 4.12. The summed E-state index contributed by atoms with van der Waals surface area (Å²) in [5, 5.41) is 6.39. The normalized spacial score (nSPS) is 18.1. The van der Waals surface area contributed by atoms with Crippen LogP contribution in [0.3, 0.4) is 0 Å². The maximum Gasteiger partial charge on any atom is 0.253 e. The van der Waals surface area contributed by atoms with Gasteiger partial charge < -0.3 is 10.6 Å². The largest absolute Gasteiger partial charge is 0.382 e. The van der Waals surface area contributed by atoms with E-state index in [-0.39, 0.29) is 5.91 Å². The fourth-order valence-electron chi connectivity index (χ4n) is 2.49. The van der Waals surface area contributed by atoms with Crippen molar-refractivity contribution in [3.8, 4) is 0 Å². The molecule has 1 aliphatic rings. The van der Waals surface area contributed by atoms with Gasteiger partial charge in [-0.05, 0) is 51.2 Å². The van der Waals surface area contributed by atoms with E-state index in [1.165, 1.54) is 6.42 Å². The van der Waals surface area contributed by atoms with Crippen LogP contribution in [0, 0.1) is 5.92 Å². The Morgan fingerprint density at radius 3 is 2.80 bits per heavy atom. The number of allylic oxidation sites excluding steroid dienone is 2. The molecule has 0 aromatic heterocycles. The van der Waals surface area contributed by atoms with E-state index < -0.39 is 0 Å². The maximum absolute atomic E-state index is 12.3. The van der Waals surface area contributed by atoms with Gasteiger partial charge in [0, 0.05) is 18.3 Å². The first-order valence-corrected chi connectivity index (χ1v) is 7.45.